The molecule has 94 valence electrons. The Kier molecular flexibility index (Phi) is 3.88. The van der Waals surface area contributed by atoms with E-state index in [0.717, 1.165) is 17.0 Å². The van der Waals surface area contributed by atoms with Gasteiger partial charge in [-0.3, -0.25) is 0 Å². The van der Waals surface area contributed by atoms with Gasteiger partial charge >= 0.3 is 0 Å². The summed E-state index contributed by atoms with van der Waals surface area (Å²) in [6.07, 6.45) is 3.04. The molecule has 1 aliphatic heterocycles. The van der Waals surface area contributed by atoms with Crippen LogP contribution in [0.5, 0.6) is 0 Å². The van der Waals surface area contributed by atoms with Crippen LogP contribution in [0.4, 0.5) is 5.69 Å². The second kappa shape index (κ2) is 5.07. The highest BCUT2D eigenvalue weighted by atomic mass is 35.5. The molecule has 1 fully saturated rings. The Morgan fingerprint density at radius 3 is 3.00 bits per heavy atom. The van der Waals surface area contributed by atoms with Gasteiger partial charge in [0.1, 0.15) is 0 Å². The van der Waals surface area contributed by atoms with Crippen LogP contribution in [0.25, 0.3) is 0 Å². The smallest absolute Gasteiger partial charge is 0.152 e. The molecule has 1 unspecified atom stereocenters. The Labute approximate surface area is 113 Å². The topological polar surface area (TPSA) is 24.9 Å². The Balaban J connectivity index is 2.16. The fraction of sp³-hybridized carbons (Fsp3) is 0.615. The zero-order valence-corrected chi connectivity index (χ0v) is 12.2. The van der Waals surface area contributed by atoms with Crippen LogP contribution in [-0.4, -0.2) is 22.5 Å². The van der Waals surface area contributed by atoms with Crippen molar-refractivity contribution in [3.8, 4) is 0 Å². The van der Waals surface area contributed by atoms with Crippen molar-refractivity contribution in [2.75, 3.05) is 16.8 Å². The molecule has 1 aliphatic rings. The Morgan fingerprint density at radius 2 is 2.29 bits per heavy atom. The van der Waals surface area contributed by atoms with E-state index in [1.165, 1.54) is 12.2 Å². The van der Waals surface area contributed by atoms with Crippen molar-refractivity contribution < 1.29 is 0 Å². The van der Waals surface area contributed by atoms with Gasteiger partial charge < -0.3 is 5.32 Å². The van der Waals surface area contributed by atoms with E-state index in [9.17, 15) is 0 Å². The van der Waals surface area contributed by atoms with Gasteiger partial charge in [0.15, 0.2) is 5.15 Å². The van der Waals surface area contributed by atoms with Crippen LogP contribution in [0, 0.1) is 12.3 Å². The van der Waals surface area contributed by atoms with E-state index in [1.54, 1.807) is 6.20 Å². The molecule has 0 aromatic carbocycles. The first-order chi connectivity index (χ1) is 7.99. The van der Waals surface area contributed by atoms with Crippen LogP contribution >= 0.6 is 23.4 Å². The number of anilines is 1. The van der Waals surface area contributed by atoms with Gasteiger partial charge in [0.05, 0.1) is 5.69 Å². The summed E-state index contributed by atoms with van der Waals surface area (Å²) < 4.78 is 0. The highest BCUT2D eigenvalue weighted by Crippen LogP contribution is 2.36. The molecule has 2 heterocycles. The van der Waals surface area contributed by atoms with Crippen molar-refractivity contribution >= 4 is 29.1 Å². The van der Waals surface area contributed by atoms with E-state index >= 15 is 0 Å². The highest BCUT2D eigenvalue weighted by Gasteiger charge is 2.32. The van der Waals surface area contributed by atoms with Gasteiger partial charge in [-0.15, -0.1) is 0 Å². The number of hydrogen-bond acceptors (Lipinski definition) is 3. The van der Waals surface area contributed by atoms with Gasteiger partial charge in [0.2, 0.25) is 0 Å². The number of halogens is 1. The molecule has 1 saturated heterocycles. The first-order valence-electron chi connectivity index (χ1n) is 5.95. The fourth-order valence-electron chi connectivity index (χ4n) is 2.01. The Bertz CT molecular complexity index is 406. The zero-order chi connectivity index (χ0) is 12.5. The molecule has 1 aromatic rings. The van der Waals surface area contributed by atoms with Crippen LogP contribution in [0.15, 0.2) is 12.3 Å². The molecule has 0 aliphatic carbocycles. The summed E-state index contributed by atoms with van der Waals surface area (Å²) in [7, 11) is 0. The van der Waals surface area contributed by atoms with E-state index < -0.39 is 0 Å². The van der Waals surface area contributed by atoms with E-state index in [0.29, 0.717) is 16.6 Å². The maximum absolute atomic E-state index is 6.13. The third-order valence-electron chi connectivity index (χ3n) is 3.42. The molecule has 2 rings (SSSR count). The average molecular weight is 271 g/mol. The quantitative estimate of drug-likeness (QED) is 0.823. The summed E-state index contributed by atoms with van der Waals surface area (Å²) >= 11 is 8.14. The van der Waals surface area contributed by atoms with Crippen molar-refractivity contribution in [2.45, 2.75) is 33.2 Å². The number of aromatic nitrogens is 1. The molecule has 17 heavy (non-hydrogen) atoms. The van der Waals surface area contributed by atoms with Crippen molar-refractivity contribution in [3.63, 3.8) is 0 Å². The molecule has 1 atom stereocenters. The van der Waals surface area contributed by atoms with Crippen molar-refractivity contribution in [2.24, 2.45) is 5.41 Å². The molecule has 0 amide bonds. The monoisotopic (exact) mass is 270 g/mol. The van der Waals surface area contributed by atoms with Gasteiger partial charge in [-0.2, -0.15) is 11.8 Å². The third kappa shape index (κ3) is 3.08. The van der Waals surface area contributed by atoms with Crippen molar-refractivity contribution in [1.82, 2.24) is 4.98 Å². The molecule has 2 nitrogen and oxygen atoms in total. The van der Waals surface area contributed by atoms with Crippen LogP contribution in [0.2, 0.25) is 5.15 Å². The van der Waals surface area contributed by atoms with Gasteiger partial charge in [-0.1, -0.05) is 25.4 Å². The standard InChI is InChI=1S/C13H19ClN2S/c1-9-6-10(12(14)15-7-9)16-11-8-17-5-4-13(11,2)3/h6-7,11,16H,4-5,8H2,1-3H3. The summed E-state index contributed by atoms with van der Waals surface area (Å²) in [5, 5.41) is 4.14. The SMILES string of the molecule is Cc1cnc(Cl)c(NC2CSCCC2(C)C)c1. The predicted molar refractivity (Wildman–Crippen MR) is 77.1 cm³/mol. The Hall–Kier alpha value is -0.410. The average Bonchev–Trinajstić information content (AvgIpc) is 2.26. The van der Waals surface area contributed by atoms with Crippen LogP contribution in [0.1, 0.15) is 25.8 Å². The Morgan fingerprint density at radius 1 is 1.53 bits per heavy atom. The summed E-state index contributed by atoms with van der Waals surface area (Å²) in [6, 6.07) is 2.53. The van der Waals surface area contributed by atoms with Gasteiger partial charge in [-0.05, 0) is 36.1 Å². The minimum atomic E-state index is 0.318. The molecule has 4 heteroatoms. The maximum atomic E-state index is 6.13. The lowest BCUT2D eigenvalue weighted by molar-refractivity contribution is 0.305. The molecule has 1 N–H and O–H groups in total. The van der Waals surface area contributed by atoms with E-state index in [2.05, 4.69) is 30.2 Å². The lowest BCUT2D eigenvalue weighted by Gasteiger charge is -2.39. The van der Waals surface area contributed by atoms with Crippen molar-refractivity contribution in [3.05, 3.63) is 23.0 Å². The minimum absolute atomic E-state index is 0.318. The first-order valence-corrected chi connectivity index (χ1v) is 7.49. The van der Waals surface area contributed by atoms with E-state index in [4.69, 9.17) is 11.6 Å². The lowest BCUT2D eigenvalue weighted by Crippen LogP contribution is -2.41. The molecular weight excluding hydrogens is 252 g/mol. The molecule has 1 aromatic heterocycles. The predicted octanol–water partition coefficient (Wildman–Crippen LogP) is 3.99. The summed E-state index contributed by atoms with van der Waals surface area (Å²) in [6.45, 7) is 6.68. The number of nitrogens with one attached hydrogen (secondary N) is 1. The molecule has 0 bridgehead atoms. The summed E-state index contributed by atoms with van der Waals surface area (Å²) in [5.41, 5.74) is 2.42. The lowest BCUT2D eigenvalue weighted by atomic mass is 9.82. The number of rotatable bonds is 2. The summed E-state index contributed by atoms with van der Waals surface area (Å²) in [4.78, 5) is 4.19. The number of thioether (sulfide) groups is 1. The maximum Gasteiger partial charge on any atom is 0.152 e. The fourth-order valence-corrected chi connectivity index (χ4v) is 3.78. The van der Waals surface area contributed by atoms with E-state index in [-0.39, 0.29) is 0 Å². The second-order valence-electron chi connectivity index (χ2n) is 5.36. The second-order valence-corrected chi connectivity index (χ2v) is 6.87. The van der Waals surface area contributed by atoms with Gasteiger partial charge in [-0.25, -0.2) is 4.98 Å². The molecule has 0 spiro atoms. The number of aryl methyl sites for hydroxylation is 1. The van der Waals surface area contributed by atoms with Crippen molar-refractivity contribution in [1.29, 1.82) is 0 Å². The molecule has 0 radical (unpaired) electrons. The molecule has 0 saturated carbocycles. The molecular formula is C13H19ClN2S. The van der Waals surface area contributed by atoms with Crippen LogP contribution in [-0.2, 0) is 0 Å². The minimum Gasteiger partial charge on any atom is -0.378 e. The number of pyridine rings is 1. The van der Waals surface area contributed by atoms with Crippen LogP contribution < -0.4 is 5.32 Å². The number of nitrogens with zero attached hydrogens (tertiary/aromatic N) is 1. The van der Waals surface area contributed by atoms with Gasteiger partial charge in [0, 0.05) is 18.0 Å². The number of hydrogen-bond donors (Lipinski definition) is 1. The van der Waals surface area contributed by atoms with Crippen LogP contribution in [0.3, 0.4) is 0 Å². The third-order valence-corrected chi connectivity index (χ3v) is 4.79. The van der Waals surface area contributed by atoms with Gasteiger partial charge in [0.25, 0.3) is 0 Å². The summed E-state index contributed by atoms with van der Waals surface area (Å²) in [5.74, 6) is 2.39. The zero-order valence-electron chi connectivity index (χ0n) is 10.6. The first kappa shape index (κ1) is 13.0. The largest absolute Gasteiger partial charge is 0.378 e. The van der Waals surface area contributed by atoms with E-state index in [1.807, 2.05) is 18.7 Å². The normalized spacial score (nSPS) is 23.4. The highest BCUT2D eigenvalue weighted by molar-refractivity contribution is 7.99.